The Balaban J connectivity index is 1.98. The van der Waals surface area contributed by atoms with Gasteiger partial charge in [-0.2, -0.15) is 5.10 Å². The van der Waals surface area contributed by atoms with Crippen LogP contribution in [0.25, 0.3) is 0 Å². The Morgan fingerprint density at radius 3 is 2.61 bits per heavy atom. The van der Waals surface area contributed by atoms with Crippen molar-refractivity contribution in [3.8, 4) is 5.75 Å². The van der Waals surface area contributed by atoms with E-state index < -0.39 is 0 Å². The summed E-state index contributed by atoms with van der Waals surface area (Å²) in [5, 5.41) is 3.47. The van der Waals surface area contributed by atoms with Gasteiger partial charge in [-0.1, -0.05) is 29.8 Å². The van der Waals surface area contributed by atoms with Gasteiger partial charge in [-0.3, -0.25) is 0 Å². The van der Waals surface area contributed by atoms with Gasteiger partial charge in [-0.15, -0.1) is 0 Å². The van der Waals surface area contributed by atoms with Crippen LogP contribution in [0.2, 0.25) is 0 Å². The van der Waals surface area contributed by atoms with E-state index in [-0.39, 0.29) is 0 Å². The highest BCUT2D eigenvalue weighted by Crippen LogP contribution is 2.14. The first-order valence-corrected chi connectivity index (χ1v) is 5.79. The van der Waals surface area contributed by atoms with E-state index in [0.29, 0.717) is 6.61 Å². The van der Waals surface area contributed by atoms with E-state index in [4.69, 9.17) is 10.6 Å². The average Bonchev–Trinajstić information content (AvgIpc) is 2.38. The third-order valence-corrected chi connectivity index (χ3v) is 2.59. The zero-order valence-corrected chi connectivity index (χ0v) is 10.3. The molecule has 2 rings (SSSR count). The van der Waals surface area contributed by atoms with Crippen LogP contribution in [0.1, 0.15) is 16.7 Å². The number of aryl methyl sites for hydroxylation is 1. The summed E-state index contributed by atoms with van der Waals surface area (Å²) in [5.74, 6) is 5.92. The van der Waals surface area contributed by atoms with Crippen LogP contribution in [0.15, 0.2) is 53.6 Å². The minimum absolute atomic E-state index is 0.575. The standard InChI is InChI=1S/C15H16N2O/c1-12-3-2-4-14(9-12)11-18-15-7-5-13(6-8-15)10-17-16/h2-10H,11,16H2,1H3. The van der Waals surface area contributed by atoms with Crippen molar-refractivity contribution >= 4 is 6.21 Å². The molecule has 0 aromatic heterocycles. The lowest BCUT2D eigenvalue weighted by molar-refractivity contribution is 0.306. The quantitative estimate of drug-likeness (QED) is 0.507. The molecule has 0 saturated carbocycles. The average molecular weight is 240 g/mol. The topological polar surface area (TPSA) is 47.6 Å². The summed E-state index contributed by atoms with van der Waals surface area (Å²) in [7, 11) is 0. The van der Waals surface area contributed by atoms with Gasteiger partial charge in [-0.25, -0.2) is 0 Å². The Kier molecular flexibility index (Phi) is 3.97. The number of rotatable bonds is 4. The van der Waals surface area contributed by atoms with E-state index in [2.05, 4.69) is 30.2 Å². The predicted molar refractivity (Wildman–Crippen MR) is 73.7 cm³/mol. The van der Waals surface area contributed by atoms with Gasteiger partial charge in [0.15, 0.2) is 0 Å². The summed E-state index contributed by atoms with van der Waals surface area (Å²) in [6.45, 7) is 2.65. The summed E-state index contributed by atoms with van der Waals surface area (Å²) in [4.78, 5) is 0. The van der Waals surface area contributed by atoms with Gasteiger partial charge in [0.1, 0.15) is 12.4 Å². The molecule has 0 bridgehead atoms. The summed E-state index contributed by atoms with van der Waals surface area (Å²) >= 11 is 0. The second-order valence-corrected chi connectivity index (χ2v) is 4.12. The molecule has 0 aliphatic heterocycles. The fourth-order valence-electron chi connectivity index (χ4n) is 1.70. The molecule has 0 radical (unpaired) electrons. The van der Waals surface area contributed by atoms with Crippen LogP contribution in [0, 0.1) is 6.92 Å². The van der Waals surface area contributed by atoms with Gasteiger partial charge in [0.2, 0.25) is 0 Å². The number of ether oxygens (including phenoxy) is 1. The zero-order chi connectivity index (χ0) is 12.8. The normalized spacial score (nSPS) is 10.7. The van der Waals surface area contributed by atoms with E-state index >= 15 is 0 Å². The highest BCUT2D eigenvalue weighted by atomic mass is 16.5. The number of nitrogens with two attached hydrogens (primary N) is 1. The fraction of sp³-hybridized carbons (Fsp3) is 0.133. The largest absolute Gasteiger partial charge is 0.489 e. The monoisotopic (exact) mass is 240 g/mol. The molecule has 0 unspecified atom stereocenters. The first kappa shape index (κ1) is 12.2. The fourth-order valence-corrected chi connectivity index (χ4v) is 1.70. The van der Waals surface area contributed by atoms with Crippen molar-refractivity contribution in [1.29, 1.82) is 0 Å². The van der Waals surface area contributed by atoms with Crippen LogP contribution >= 0.6 is 0 Å². The first-order valence-electron chi connectivity index (χ1n) is 5.79. The summed E-state index contributed by atoms with van der Waals surface area (Å²) in [5.41, 5.74) is 3.37. The summed E-state index contributed by atoms with van der Waals surface area (Å²) in [6, 6.07) is 15.9. The lowest BCUT2D eigenvalue weighted by Crippen LogP contribution is -1.96. The Hall–Kier alpha value is -2.29. The Morgan fingerprint density at radius 1 is 1.17 bits per heavy atom. The van der Waals surface area contributed by atoms with Crippen molar-refractivity contribution in [2.45, 2.75) is 13.5 Å². The molecule has 2 aromatic carbocycles. The van der Waals surface area contributed by atoms with E-state index in [9.17, 15) is 0 Å². The molecule has 0 saturated heterocycles. The van der Waals surface area contributed by atoms with Gasteiger partial charge in [-0.05, 0) is 42.3 Å². The molecule has 92 valence electrons. The molecule has 2 aromatic rings. The molecule has 18 heavy (non-hydrogen) atoms. The Bertz CT molecular complexity index is 532. The van der Waals surface area contributed by atoms with Crippen molar-refractivity contribution in [2.75, 3.05) is 0 Å². The van der Waals surface area contributed by atoms with Gasteiger partial charge in [0.05, 0.1) is 6.21 Å². The number of nitrogens with zero attached hydrogens (tertiary/aromatic N) is 1. The maximum atomic E-state index is 5.70. The van der Waals surface area contributed by atoms with Crippen molar-refractivity contribution in [1.82, 2.24) is 0 Å². The molecule has 3 heteroatoms. The van der Waals surface area contributed by atoms with Crippen LogP contribution in [-0.4, -0.2) is 6.21 Å². The minimum atomic E-state index is 0.575. The number of hydrogen-bond donors (Lipinski definition) is 1. The molecule has 0 spiro atoms. The summed E-state index contributed by atoms with van der Waals surface area (Å²) < 4.78 is 5.70. The first-order chi connectivity index (χ1) is 8.78. The number of benzene rings is 2. The number of hydrazone groups is 1. The molecule has 0 atom stereocenters. The number of hydrogen-bond acceptors (Lipinski definition) is 3. The maximum Gasteiger partial charge on any atom is 0.119 e. The second-order valence-electron chi connectivity index (χ2n) is 4.12. The SMILES string of the molecule is Cc1cccc(COc2ccc(C=NN)cc2)c1. The molecule has 3 nitrogen and oxygen atoms in total. The third-order valence-electron chi connectivity index (χ3n) is 2.59. The lowest BCUT2D eigenvalue weighted by atomic mass is 10.1. The van der Waals surface area contributed by atoms with E-state index in [1.165, 1.54) is 11.1 Å². The predicted octanol–water partition coefficient (Wildman–Crippen LogP) is 2.87. The van der Waals surface area contributed by atoms with Crippen molar-refractivity contribution in [2.24, 2.45) is 10.9 Å². The summed E-state index contributed by atoms with van der Waals surface area (Å²) in [6.07, 6.45) is 1.60. The van der Waals surface area contributed by atoms with Crippen LogP contribution in [0.3, 0.4) is 0 Å². The smallest absolute Gasteiger partial charge is 0.119 e. The molecule has 0 heterocycles. The molecule has 0 amide bonds. The highest BCUT2D eigenvalue weighted by Gasteiger charge is 1.96. The molecule has 2 N–H and O–H groups in total. The third kappa shape index (κ3) is 3.35. The molecule has 0 fully saturated rings. The second kappa shape index (κ2) is 5.87. The van der Waals surface area contributed by atoms with Crippen LogP contribution in [0.4, 0.5) is 0 Å². The van der Waals surface area contributed by atoms with Gasteiger partial charge in [0.25, 0.3) is 0 Å². The highest BCUT2D eigenvalue weighted by molar-refractivity contribution is 5.79. The minimum Gasteiger partial charge on any atom is -0.489 e. The van der Waals surface area contributed by atoms with Crippen molar-refractivity contribution < 1.29 is 4.74 Å². The van der Waals surface area contributed by atoms with Gasteiger partial charge < -0.3 is 10.6 Å². The Morgan fingerprint density at radius 2 is 1.94 bits per heavy atom. The lowest BCUT2D eigenvalue weighted by Gasteiger charge is -2.07. The van der Waals surface area contributed by atoms with Gasteiger partial charge >= 0.3 is 0 Å². The van der Waals surface area contributed by atoms with Crippen LogP contribution in [-0.2, 0) is 6.61 Å². The van der Waals surface area contributed by atoms with Crippen molar-refractivity contribution in [3.63, 3.8) is 0 Å². The van der Waals surface area contributed by atoms with Crippen LogP contribution in [0.5, 0.6) is 5.75 Å². The van der Waals surface area contributed by atoms with Gasteiger partial charge in [0, 0.05) is 0 Å². The van der Waals surface area contributed by atoms with E-state index in [1.807, 2.05) is 30.3 Å². The Labute approximate surface area is 107 Å². The van der Waals surface area contributed by atoms with Crippen LogP contribution < -0.4 is 10.6 Å². The van der Waals surface area contributed by atoms with E-state index in [0.717, 1.165) is 11.3 Å². The zero-order valence-electron chi connectivity index (χ0n) is 10.3. The maximum absolute atomic E-state index is 5.70. The van der Waals surface area contributed by atoms with E-state index in [1.54, 1.807) is 6.21 Å². The molecular weight excluding hydrogens is 224 g/mol. The molecule has 0 aliphatic rings. The van der Waals surface area contributed by atoms with Crippen molar-refractivity contribution in [3.05, 3.63) is 65.2 Å². The molecular formula is C15H16N2O. The molecule has 0 aliphatic carbocycles.